The third-order valence-electron chi connectivity index (χ3n) is 4.97. The average Bonchev–Trinajstić information content (AvgIpc) is 2.96. The summed E-state index contributed by atoms with van der Waals surface area (Å²) in [6.07, 6.45) is 1.64. The number of benzene rings is 2. The van der Waals surface area contributed by atoms with Crippen LogP contribution in [0.5, 0.6) is 0 Å². The van der Waals surface area contributed by atoms with E-state index in [0.717, 1.165) is 48.6 Å². The number of carbonyl (C=O) groups is 1. The molecular weight excluding hydrogens is 334 g/mol. The molecule has 5 heteroatoms. The smallest absolute Gasteiger partial charge is 0.272 e. The van der Waals surface area contributed by atoms with E-state index in [1.807, 2.05) is 48.5 Å². The van der Waals surface area contributed by atoms with Crippen molar-refractivity contribution in [2.75, 3.05) is 13.1 Å². The molecule has 2 heterocycles. The van der Waals surface area contributed by atoms with Crippen LogP contribution in [-0.2, 0) is 11.3 Å². The van der Waals surface area contributed by atoms with E-state index in [1.165, 1.54) is 0 Å². The molecule has 1 spiro atoms. The predicted molar refractivity (Wildman–Crippen MR) is 99.8 cm³/mol. The van der Waals surface area contributed by atoms with Gasteiger partial charge in [-0.3, -0.25) is 14.7 Å². The van der Waals surface area contributed by atoms with Gasteiger partial charge in [0.15, 0.2) is 0 Å². The lowest BCUT2D eigenvalue weighted by molar-refractivity contribution is -0.115. The fourth-order valence-electron chi connectivity index (χ4n) is 3.54. The molecular formula is C20H20ClN3O. The molecule has 2 aliphatic rings. The normalized spacial score (nSPS) is 19.7. The number of aliphatic imine (C=N–C) groups is 1. The zero-order chi connectivity index (χ0) is 17.3. The van der Waals surface area contributed by atoms with Crippen LogP contribution in [0, 0.1) is 0 Å². The van der Waals surface area contributed by atoms with Gasteiger partial charge in [0.05, 0.1) is 0 Å². The van der Waals surface area contributed by atoms with Crippen LogP contribution in [0.3, 0.4) is 0 Å². The number of halogens is 1. The largest absolute Gasteiger partial charge is 0.326 e. The van der Waals surface area contributed by atoms with E-state index in [0.29, 0.717) is 5.71 Å². The van der Waals surface area contributed by atoms with Crippen molar-refractivity contribution in [3.8, 4) is 0 Å². The van der Waals surface area contributed by atoms with Crippen LogP contribution in [0.15, 0.2) is 59.6 Å². The fraction of sp³-hybridized carbons (Fsp3) is 0.300. The van der Waals surface area contributed by atoms with Gasteiger partial charge < -0.3 is 5.32 Å². The van der Waals surface area contributed by atoms with Gasteiger partial charge in [-0.05, 0) is 11.6 Å². The minimum atomic E-state index is -0.445. The number of hydrogen-bond acceptors (Lipinski definition) is 3. The lowest BCUT2D eigenvalue weighted by atomic mass is 9.97. The molecule has 1 amide bonds. The van der Waals surface area contributed by atoms with Crippen molar-refractivity contribution in [2.45, 2.75) is 25.0 Å². The molecule has 0 aromatic heterocycles. The van der Waals surface area contributed by atoms with E-state index in [-0.39, 0.29) is 5.91 Å². The first-order valence-electron chi connectivity index (χ1n) is 8.59. The first-order chi connectivity index (χ1) is 12.2. The number of carbonyl (C=O) groups excluding carboxylic acids is 1. The van der Waals surface area contributed by atoms with Gasteiger partial charge in [-0.15, -0.1) is 0 Å². The van der Waals surface area contributed by atoms with Gasteiger partial charge in [0.1, 0.15) is 11.4 Å². The van der Waals surface area contributed by atoms with Crippen molar-refractivity contribution in [3.05, 3.63) is 70.7 Å². The quantitative estimate of drug-likeness (QED) is 0.920. The van der Waals surface area contributed by atoms with Crippen molar-refractivity contribution >= 4 is 23.2 Å². The first-order valence-corrected chi connectivity index (χ1v) is 8.97. The molecule has 1 saturated heterocycles. The minimum absolute atomic E-state index is 0.0641. The molecule has 0 bridgehead atoms. The standard InChI is InChI=1S/C20H20ClN3O/c21-17-9-5-4-8-16(17)14-24-12-10-20(11-13-24)22-18(19(25)23-20)15-6-2-1-3-7-15/h1-9H,10-14H2,(H,23,25). The van der Waals surface area contributed by atoms with Crippen molar-refractivity contribution in [1.82, 2.24) is 10.2 Å². The lowest BCUT2D eigenvalue weighted by Crippen LogP contribution is -2.50. The summed E-state index contributed by atoms with van der Waals surface area (Å²) in [6, 6.07) is 17.6. The molecule has 2 aromatic carbocycles. The summed E-state index contributed by atoms with van der Waals surface area (Å²) in [7, 11) is 0. The second-order valence-electron chi connectivity index (χ2n) is 6.68. The fourth-order valence-corrected chi connectivity index (χ4v) is 3.74. The number of piperidine rings is 1. The Bertz CT molecular complexity index is 811. The van der Waals surface area contributed by atoms with Gasteiger partial charge in [0.2, 0.25) is 0 Å². The summed E-state index contributed by atoms with van der Waals surface area (Å²) >= 11 is 6.26. The second-order valence-corrected chi connectivity index (χ2v) is 7.09. The highest BCUT2D eigenvalue weighted by atomic mass is 35.5. The Morgan fingerprint density at radius 3 is 2.44 bits per heavy atom. The lowest BCUT2D eigenvalue weighted by Gasteiger charge is -2.37. The zero-order valence-electron chi connectivity index (χ0n) is 13.9. The third kappa shape index (κ3) is 3.32. The van der Waals surface area contributed by atoms with Crippen molar-refractivity contribution in [1.29, 1.82) is 0 Å². The van der Waals surface area contributed by atoms with Crippen molar-refractivity contribution in [3.63, 3.8) is 0 Å². The zero-order valence-corrected chi connectivity index (χ0v) is 14.7. The summed E-state index contributed by atoms with van der Waals surface area (Å²) in [6.45, 7) is 2.60. The number of rotatable bonds is 3. The summed E-state index contributed by atoms with van der Waals surface area (Å²) in [5, 5.41) is 3.93. The van der Waals surface area contributed by atoms with E-state index in [4.69, 9.17) is 16.6 Å². The van der Waals surface area contributed by atoms with Crippen LogP contribution < -0.4 is 5.32 Å². The maximum atomic E-state index is 12.4. The Balaban J connectivity index is 1.46. The predicted octanol–water partition coefficient (Wildman–Crippen LogP) is 3.25. The van der Waals surface area contributed by atoms with Gasteiger partial charge in [0, 0.05) is 43.1 Å². The molecule has 2 aliphatic heterocycles. The molecule has 0 aliphatic carbocycles. The number of nitrogens with one attached hydrogen (secondary N) is 1. The Hall–Kier alpha value is -2.17. The number of nitrogens with zero attached hydrogens (tertiary/aromatic N) is 2. The topological polar surface area (TPSA) is 44.7 Å². The SMILES string of the molecule is O=C1NC2(CCN(Cc3ccccc3Cl)CC2)N=C1c1ccccc1. The van der Waals surface area contributed by atoms with Crippen LogP contribution in [0.4, 0.5) is 0 Å². The third-order valence-corrected chi connectivity index (χ3v) is 5.34. The van der Waals surface area contributed by atoms with Gasteiger partial charge in [-0.1, -0.05) is 60.1 Å². The summed E-state index contributed by atoms with van der Waals surface area (Å²) < 4.78 is 0. The molecule has 1 fully saturated rings. The maximum Gasteiger partial charge on any atom is 0.272 e. The summed E-state index contributed by atoms with van der Waals surface area (Å²) in [4.78, 5) is 19.6. The first kappa shape index (κ1) is 16.3. The Morgan fingerprint density at radius 2 is 1.72 bits per heavy atom. The average molecular weight is 354 g/mol. The second kappa shape index (κ2) is 6.62. The minimum Gasteiger partial charge on any atom is -0.326 e. The van der Waals surface area contributed by atoms with E-state index < -0.39 is 5.66 Å². The Morgan fingerprint density at radius 1 is 1.04 bits per heavy atom. The molecule has 25 heavy (non-hydrogen) atoms. The summed E-state index contributed by atoms with van der Waals surface area (Å²) in [5.74, 6) is -0.0641. The van der Waals surface area contributed by atoms with Crippen molar-refractivity contribution < 1.29 is 4.79 Å². The van der Waals surface area contributed by atoms with E-state index in [2.05, 4.69) is 16.3 Å². The number of amides is 1. The van der Waals surface area contributed by atoms with E-state index in [9.17, 15) is 4.79 Å². The molecule has 1 N–H and O–H groups in total. The van der Waals surface area contributed by atoms with Crippen molar-refractivity contribution in [2.24, 2.45) is 4.99 Å². The molecule has 128 valence electrons. The molecule has 0 unspecified atom stereocenters. The Kier molecular flexibility index (Phi) is 4.32. The molecule has 0 atom stereocenters. The molecule has 2 aromatic rings. The molecule has 4 nitrogen and oxygen atoms in total. The van der Waals surface area contributed by atoms with E-state index in [1.54, 1.807) is 0 Å². The van der Waals surface area contributed by atoms with E-state index >= 15 is 0 Å². The monoisotopic (exact) mass is 353 g/mol. The molecule has 0 saturated carbocycles. The maximum absolute atomic E-state index is 12.4. The van der Waals surface area contributed by atoms with Crippen LogP contribution in [0.2, 0.25) is 5.02 Å². The van der Waals surface area contributed by atoms with Crippen LogP contribution in [0.1, 0.15) is 24.0 Å². The van der Waals surface area contributed by atoms with Crippen LogP contribution in [0.25, 0.3) is 0 Å². The highest BCUT2D eigenvalue weighted by Gasteiger charge is 2.41. The van der Waals surface area contributed by atoms with Crippen LogP contribution in [-0.4, -0.2) is 35.3 Å². The van der Waals surface area contributed by atoms with Gasteiger partial charge >= 0.3 is 0 Å². The highest BCUT2D eigenvalue weighted by molar-refractivity contribution is 6.46. The van der Waals surface area contributed by atoms with Gasteiger partial charge in [-0.2, -0.15) is 0 Å². The Labute approximate surface area is 152 Å². The molecule has 4 rings (SSSR count). The highest BCUT2D eigenvalue weighted by Crippen LogP contribution is 2.30. The summed E-state index contributed by atoms with van der Waals surface area (Å²) in [5.41, 5.74) is 2.14. The number of hydrogen-bond donors (Lipinski definition) is 1. The van der Waals surface area contributed by atoms with Gasteiger partial charge in [0.25, 0.3) is 5.91 Å². The number of likely N-dealkylation sites (tertiary alicyclic amines) is 1. The molecule has 0 radical (unpaired) electrons. The van der Waals surface area contributed by atoms with Gasteiger partial charge in [-0.25, -0.2) is 0 Å². The van der Waals surface area contributed by atoms with Crippen LogP contribution >= 0.6 is 11.6 Å².